The normalized spacial score (nSPS) is 13.4. The maximum absolute atomic E-state index is 11.0. The lowest BCUT2D eigenvalue weighted by Crippen LogP contribution is -2.28. The molecular formula is C19H17Cl3N2O2. The zero-order valence-electron chi connectivity index (χ0n) is 14.0. The molecule has 3 rings (SSSR count). The van der Waals surface area contributed by atoms with Crippen LogP contribution in [0.1, 0.15) is 18.1 Å². The van der Waals surface area contributed by atoms with E-state index in [0.29, 0.717) is 32.9 Å². The maximum atomic E-state index is 11.0. The van der Waals surface area contributed by atoms with Gasteiger partial charge in [-0.2, -0.15) is 0 Å². The molecule has 2 aromatic carbocycles. The van der Waals surface area contributed by atoms with E-state index >= 15 is 0 Å². The molecule has 0 saturated heterocycles. The van der Waals surface area contributed by atoms with E-state index in [-0.39, 0.29) is 6.61 Å². The summed E-state index contributed by atoms with van der Waals surface area (Å²) in [5.41, 5.74) is 0.181. The van der Waals surface area contributed by atoms with Crippen molar-refractivity contribution in [1.29, 1.82) is 0 Å². The summed E-state index contributed by atoms with van der Waals surface area (Å²) in [6.07, 6.45) is 5.09. The molecule has 0 aliphatic carbocycles. The summed E-state index contributed by atoms with van der Waals surface area (Å²) in [6.45, 7) is 2.26. The first-order chi connectivity index (χ1) is 12.3. The Labute approximate surface area is 166 Å². The molecule has 1 aromatic heterocycles. The topological polar surface area (TPSA) is 47.3 Å². The van der Waals surface area contributed by atoms with Gasteiger partial charge in [-0.3, -0.25) is 0 Å². The highest BCUT2D eigenvalue weighted by molar-refractivity contribution is 6.35. The van der Waals surface area contributed by atoms with Crippen LogP contribution in [0.15, 0.2) is 55.1 Å². The standard InChI is InChI=1S/C19H17Cl3N2O2/c1-19(25,11-24-7-6-23-12-24)16-8-14(20)4-5-18(16)26-10-13-2-3-15(21)9-17(13)22/h2-9,12,25H,10-11H2,1H3. The van der Waals surface area contributed by atoms with Crippen LogP contribution in [0, 0.1) is 0 Å². The summed E-state index contributed by atoms with van der Waals surface area (Å²) in [5.74, 6) is 0.533. The summed E-state index contributed by atoms with van der Waals surface area (Å²) in [5, 5.41) is 12.6. The Balaban J connectivity index is 1.85. The van der Waals surface area contributed by atoms with Crippen molar-refractivity contribution in [2.75, 3.05) is 0 Å². The molecule has 3 aromatic rings. The molecule has 0 radical (unpaired) electrons. The molecule has 0 fully saturated rings. The van der Waals surface area contributed by atoms with Crippen molar-refractivity contribution in [1.82, 2.24) is 9.55 Å². The molecular weight excluding hydrogens is 395 g/mol. The molecule has 0 bridgehead atoms. The average Bonchev–Trinajstić information content (AvgIpc) is 3.07. The summed E-state index contributed by atoms with van der Waals surface area (Å²) < 4.78 is 7.73. The fourth-order valence-electron chi connectivity index (χ4n) is 2.66. The van der Waals surface area contributed by atoms with Gasteiger partial charge in [-0.15, -0.1) is 0 Å². The van der Waals surface area contributed by atoms with Crippen LogP contribution in [0.5, 0.6) is 5.75 Å². The molecule has 136 valence electrons. The number of ether oxygens (including phenoxy) is 1. The van der Waals surface area contributed by atoms with Crippen molar-refractivity contribution < 1.29 is 9.84 Å². The van der Waals surface area contributed by atoms with Crippen molar-refractivity contribution >= 4 is 34.8 Å². The Bertz CT molecular complexity index is 896. The van der Waals surface area contributed by atoms with Crippen molar-refractivity contribution in [3.8, 4) is 5.75 Å². The second-order valence-electron chi connectivity index (χ2n) is 6.17. The minimum atomic E-state index is -1.20. The van der Waals surface area contributed by atoms with Crippen LogP contribution in [0.2, 0.25) is 15.1 Å². The highest BCUT2D eigenvalue weighted by Crippen LogP contribution is 2.34. The average molecular weight is 412 g/mol. The second kappa shape index (κ2) is 7.89. The van der Waals surface area contributed by atoms with E-state index in [1.807, 2.05) is 6.07 Å². The highest BCUT2D eigenvalue weighted by Gasteiger charge is 2.28. The number of aromatic nitrogens is 2. The van der Waals surface area contributed by atoms with Gasteiger partial charge in [0.25, 0.3) is 0 Å². The van der Waals surface area contributed by atoms with Crippen LogP contribution < -0.4 is 4.74 Å². The van der Waals surface area contributed by atoms with E-state index in [9.17, 15) is 5.11 Å². The number of hydrogen-bond donors (Lipinski definition) is 1. The quantitative estimate of drug-likeness (QED) is 0.596. The van der Waals surface area contributed by atoms with Crippen LogP contribution in [-0.4, -0.2) is 14.7 Å². The Hall–Kier alpha value is -1.72. The zero-order valence-corrected chi connectivity index (χ0v) is 16.3. The van der Waals surface area contributed by atoms with Crippen LogP contribution in [0.3, 0.4) is 0 Å². The first-order valence-electron chi connectivity index (χ1n) is 7.90. The lowest BCUT2D eigenvalue weighted by Gasteiger charge is -2.27. The van der Waals surface area contributed by atoms with Crippen LogP contribution in [0.25, 0.3) is 0 Å². The van der Waals surface area contributed by atoms with Gasteiger partial charge in [-0.1, -0.05) is 40.9 Å². The van der Waals surface area contributed by atoms with Crippen molar-refractivity contribution in [3.63, 3.8) is 0 Å². The highest BCUT2D eigenvalue weighted by atomic mass is 35.5. The van der Waals surface area contributed by atoms with E-state index in [2.05, 4.69) is 4.98 Å². The zero-order chi connectivity index (χ0) is 18.7. The number of imidazole rings is 1. The molecule has 0 spiro atoms. The number of halogens is 3. The number of benzene rings is 2. The third kappa shape index (κ3) is 4.51. The Kier molecular flexibility index (Phi) is 5.78. The largest absolute Gasteiger partial charge is 0.488 e. The summed E-state index contributed by atoms with van der Waals surface area (Å²) >= 11 is 18.3. The fourth-order valence-corrected chi connectivity index (χ4v) is 3.30. The molecule has 4 nitrogen and oxygen atoms in total. The molecule has 1 unspecified atom stereocenters. The van der Waals surface area contributed by atoms with Gasteiger partial charge >= 0.3 is 0 Å². The first kappa shape index (κ1) is 19.1. The Morgan fingerprint density at radius 1 is 1.12 bits per heavy atom. The lowest BCUT2D eigenvalue weighted by atomic mass is 9.95. The van der Waals surface area contributed by atoms with Crippen LogP contribution in [0.4, 0.5) is 0 Å². The molecule has 1 atom stereocenters. The minimum Gasteiger partial charge on any atom is -0.488 e. The van der Waals surface area contributed by atoms with Gasteiger partial charge in [-0.05, 0) is 37.3 Å². The molecule has 1 N–H and O–H groups in total. The molecule has 26 heavy (non-hydrogen) atoms. The molecule has 0 aliphatic rings. The maximum Gasteiger partial charge on any atom is 0.126 e. The predicted octanol–water partition coefficient (Wildman–Crippen LogP) is 5.33. The SMILES string of the molecule is CC(O)(Cn1ccnc1)c1cc(Cl)ccc1OCc1ccc(Cl)cc1Cl. The third-order valence-corrected chi connectivity index (χ3v) is 4.79. The van der Waals surface area contributed by atoms with Gasteiger partial charge in [0, 0.05) is 38.6 Å². The van der Waals surface area contributed by atoms with Gasteiger partial charge in [-0.25, -0.2) is 4.98 Å². The second-order valence-corrected chi connectivity index (χ2v) is 7.45. The summed E-state index contributed by atoms with van der Waals surface area (Å²) in [4.78, 5) is 4.00. The third-order valence-electron chi connectivity index (χ3n) is 3.97. The predicted molar refractivity (Wildman–Crippen MR) is 104 cm³/mol. The van der Waals surface area contributed by atoms with E-state index < -0.39 is 5.60 Å². The lowest BCUT2D eigenvalue weighted by molar-refractivity contribution is 0.0350. The first-order valence-corrected chi connectivity index (χ1v) is 9.03. The molecule has 1 heterocycles. The molecule has 0 amide bonds. The Morgan fingerprint density at radius 2 is 1.85 bits per heavy atom. The van der Waals surface area contributed by atoms with E-state index in [1.165, 1.54) is 0 Å². The van der Waals surface area contributed by atoms with Crippen molar-refractivity contribution in [2.24, 2.45) is 0 Å². The fraction of sp³-hybridized carbons (Fsp3) is 0.211. The molecule has 0 aliphatic heterocycles. The Morgan fingerprint density at radius 3 is 2.54 bits per heavy atom. The summed E-state index contributed by atoms with van der Waals surface area (Å²) in [7, 11) is 0. The van der Waals surface area contributed by atoms with E-state index in [0.717, 1.165) is 5.56 Å². The van der Waals surface area contributed by atoms with Crippen molar-refractivity contribution in [2.45, 2.75) is 25.7 Å². The number of aliphatic hydroxyl groups is 1. The van der Waals surface area contributed by atoms with Gasteiger partial charge in [0.15, 0.2) is 0 Å². The van der Waals surface area contributed by atoms with Crippen LogP contribution in [-0.2, 0) is 18.8 Å². The van der Waals surface area contributed by atoms with E-state index in [4.69, 9.17) is 39.5 Å². The molecule has 7 heteroatoms. The minimum absolute atomic E-state index is 0.242. The van der Waals surface area contributed by atoms with Gasteiger partial charge < -0.3 is 14.4 Å². The van der Waals surface area contributed by atoms with Gasteiger partial charge in [0.05, 0.1) is 12.9 Å². The van der Waals surface area contributed by atoms with Crippen LogP contribution >= 0.6 is 34.8 Å². The monoisotopic (exact) mass is 410 g/mol. The number of rotatable bonds is 6. The van der Waals surface area contributed by atoms with Gasteiger partial charge in [0.2, 0.25) is 0 Å². The number of hydrogen-bond acceptors (Lipinski definition) is 3. The van der Waals surface area contributed by atoms with Crippen molar-refractivity contribution in [3.05, 3.63) is 81.3 Å². The summed E-state index contributed by atoms with van der Waals surface area (Å²) in [6, 6.07) is 10.4. The smallest absolute Gasteiger partial charge is 0.126 e. The van der Waals surface area contributed by atoms with Gasteiger partial charge in [0.1, 0.15) is 18.0 Å². The molecule has 0 saturated carbocycles. The van der Waals surface area contributed by atoms with E-state index in [1.54, 1.807) is 60.5 Å². The number of nitrogens with zero attached hydrogens (tertiary/aromatic N) is 2.